The van der Waals surface area contributed by atoms with Gasteiger partial charge in [0.2, 0.25) is 0 Å². The summed E-state index contributed by atoms with van der Waals surface area (Å²) in [5, 5.41) is 8.97. The molecule has 1 aromatic carbocycles. The van der Waals surface area contributed by atoms with Gasteiger partial charge in [0.1, 0.15) is 0 Å². The highest BCUT2D eigenvalue weighted by molar-refractivity contribution is 5.22. The van der Waals surface area contributed by atoms with Gasteiger partial charge < -0.3 is 5.11 Å². The Morgan fingerprint density at radius 1 is 1.12 bits per heavy atom. The van der Waals surface area contributed by atoms with Gasteiger partial charge in [0.15, 0.2) is 0 Å². The summed E-state index contributed by atoms with van der Waals surface area (Å²) in [7, 11) is 2.16. The average molecular weight is 221 g/mol. The Labute approximate surface area is 98.9 Å². The van der Waals surface area contributed by atoms with E-state index in [1.54, 1.807) is 0 Å². The van der Waals surface area contributed by atoms with Crippen LogP contribution in [0, 0.1) is 0 Å². The third-order valence-corrected chi connectivity index (χ3v) is 3.52. The molecule has 0 unspecified atom stereocenters. The van der Waals surface area contributed by atoms with Gasteiger partial charge in [-0.1, -0.05) is 31.2 Å². The molecule has 2 heteroatoms. The lowest BCUT2D eigenvalue weighted by molar-refractivity contribution is 0.143. The van der Waals surface area contributed by atoms with Crippen molar-refractivity contribution in [3.63, 3.8) is 0 Å². The van der Waals surface area contributed by atoms with Gasteiger partial charge in [-0.25, -0.2) is 0 Å². The largest absolute Gasteiger partial charge is 0.392 e. The van der Waals surface area contributed by atoms with Crippen molar-refractivity contribution in [2.24, 2.45) is 0 Å². The van der Waals surface area contributed by atoms with E-state index < -0.39 is 0 Å². The molecule has 1 N–H and O–H groups in total. The first-order chi connectivity index (χ1) is 7.49. The van der Waals surface area contributed by atoms with Crippen molar-refractivity contribution in [2.75, 3.05) is 7.05 Å². The van der Waals surface area contributed by atoms with E-state index in [4.69, 9.17) is 5.11 Å². The summed E-state index contributed by atoms with van der Waals surface area (Å²) in [4.78, 5) is 2.36. The van der Waals surface area contributed by atoms with Gasteiger partial charge in [0, 0.05) is 12.1 Å². The maximum Gasteiger partial charge on any atom is 0.0681 e. The molecule has 0 radical (unpaired) electrons. The number of benzene rings is 1. The molecule has 0 aliphatic rings. The van der Waals surface area contributed by atoms with E-state index in [-0.39, 0.29) is 12.1 Å². The maximum absolute atomic E-state index is 8.97. The van der Waals surface area contributed by atoms with Crippen LogP contribution in [-0.2, 0) is 13.2 Å². The Balaban J connectivity index is 2.66. The maximum atomic E-state index is 8.97. The molecule has 90 valence electrons. The van der Waals surface area contributed by atoms with Gasteiger partial charge in [-0.3, -0.25) is 4.90 Å². The highest BCUT2D eigenvalue weighted by Gasteiger charge is 2.20. The first kappa shape index (κ1) is 13.2. The van der Waals surface area contributed by atoms with Crippen LogP contribution in [0.3, 0.4) is 0 Å². The molecule has 2 nitrogen and oxygen atoms in total. The lowest BCUT2D eigenvalue weighted by Crippen LogP contribution is -2.39. The molecule has 16 heavy (non-hydrogen) atoms. The van der Waals surface area contributed by atoms with Crippen LogP contribution < -0.4 is 0 Å². The fourth-order valence-electron chi connectivity index (χ4n) is 1.51. The topological polar surface area (TPSA) is 23.5 Å². The van der Waals surface area contributed by atoms with Crippen LogP contribution in [0.1, 0.15) is 38.3 Å². The Morgan fingerprint density at radius 3 is 2.06 bits per heavy atom. The molecule has 0 amide bonds. The Morgan fingerprint density at radius 2 is 1.62 bits per heavy atom. The normalized spacial score (nSPS) is 12.1. The zero-order valence-corrected chi connectivity index (χ0v) is 10.8. The SMILES string of the molecule is CCC(C)(C)N(C)Cc1ccc(CO)cc1. The van der Waals surface area contributed by atoms with Crippen molar-refractivity contribution in [3.05, 3.63) is 35.4 Å². The number of nitrogens with zero attached hydrogens (tertiary/aromatic N) is 1. The van der Waals surface area contributed by atoms with Crippen molar-refractivity contribution >= 4 is 0 Å². The molecule has 0 bridgehead atoms. The Bertz CT molecular complexity index is 316. The predicted octanol–water partition coefficient (Wildman–Crippen LogP) is 2.80. The summed E-state index contributed by atoms with van der Waals surface area (Å²) in [6, 6.07) is 8.16. The molecule has 0 heterocycles. The van der Waals surface area contributed by atoms with E-state index in [9.17, 15) is 0 Å². The third kappa shape index (κ3) is 3.32. The summed E-state index contributed by atoms with van der Waals surface area (Å²) in [5.74, 6) is 0. The van der Waals surface area contributed by atoms with E-state index in [1.165, 1.54) is 5.56 Å². The van der Waals surface area contributed by atoms with Crippen LogP contribution in [0.4, 0.5) is 0 Å². The molecule has 0 saturated carbocycles. The van der Waals surface area contributed by atoms with Crippen molar-refractivity contribution in [2.45, 2.75) is 45.9 Å². The highest BCUT2D eigenvalue weighted by Crippen LogP contribution is 2.19. The molecule has 0 spiro atoms. The van der Waals surface area contributed by atoms with Crippen LogP contribution in [-0.4, -0.2) is 22.6 Å². The molecule has 0 aliphatic heterocycles. The fraction of sp³-hybridized carbons (Fsp3) is 0.571. The van der Waals surface area contributed by atoms with E-state index in [0.29, 0.717) is 0 Å². The monoisotopic (exact) mass is 221 g/mol. The number of aliphatic hydroxyl groups excluding tert-OH is 1. The van der Waals surface area contributed by atoms with Gasteiger partial charge in [-0.2, -0.15) is 0 Å². The molecule has 0 aromatic heterocycles. The lowest BCUT2D eigenvalue weighted by atomic mass is 9.99. The van der Waals surface area contributed by atoms with Crippen LogP contribution in [0.25, 0.3) is 0 Å². The summed E-state index contributed by atoms with van der Waals surface area (Å²) in [5.41, 5.74) is 2.50. The van der Waals surface area contributed by atoms with Crippen molar-refractivity contribution in [3.8, 4) is 0 Å². The summed E-state index contributed by atoms with van der Waals surface area (Å²) >= 11 is 0. The van der Waals surface area contributed by atoms with Crippen molar-refractivity contribution in [1.82, 2.24) is 4.90 Å². The molecule has 0 fully saturated rings. The van der Waals surface area contributed by atoms with Crippen molar-refractivity contribution in [1.29, 1.82) is 0 Å². The smallest absolute Gasteiger partial charge is 0.0681 e. The highest BCUT2D eigenvalue weighted by atomic mass is 16.3. The lowest BCUT2D eigenvalue weighted by Gasteiger charge is -2.34. The summed E-state index contributed by atoms with van der Waals surface area (Å²) in [6.07, 6.45) is 1.14. The number of aliphatic hydroxyl groups is 1. The number of hydrogen-bond donors (Lipinski definition) is 1. The second-order valence-corrected chi connectivity index (χ2v) is 5.00. The van der Waals surface area contributed by atoms with Gasteiger partial charge in [-0.15, -0.1) is 0 Å². The van der Waals surface area contributed by atoms with E-state index in [2.05, 4.69) is 44.9 Å². The fourth-order valence-corrected chi connectivity index (χ4v) is 1.51. The second kappa shape index (κ2) is 5.46. The second-order valence-electron chi connectivity index (χ2n) is 5.00. The minimum atomic E-state index is 0.122. The van der Waals surface area contributed by atoms with Crippen LogP contribution in [0.15, 0.2) is 24.3 Å². The summed E-state index contributed by atoms with van der Waals surface area (Å²) < 4.78 is 0. The van der Waals surface area contributed by atoms with Crippen LogP contribution in [0.2, 0.25) is 0 Å². The van der Waals surface area contributed by atoms with Gasteiger partial charge in [0.25, 0.3) is 0 Å². The number of hydrogen-bond acceptors (Lipinski definition) is 2. The molecule has 0 aliphatic carbocycles. The van der Waals surface area contributed by atoms with E-state index >= 15 is 0 Å². The van der Waals surface area contributed by atoms with Crippen LogP contribution >= 0.6 is 0 Å². The molecule has 0 atom stereocenters. The number of rotatable bonds is 5. The predicted molar refractivity (Wildman–Crippen MR) is 68.2 cm³/mol. The van der Waals surface area contributed by atoms with Crippen LogP contribution in [0.5, 0.6) is 0 Å². The first-order valence-corrected chi connectivity index (χ1v) is 5.89. The van der Waals surface area contributed by atoms with E-state index in [0.717, 1.165) is 18.5 Å². The first-order valence-electron chi connectivity index (χ1n) is 5.89. The Hall–Kier alpha value is -0.860. The quantitative estimate of drug-likeness (QED) is 0.826. The minimum absolute atomic E-state index is 0.122. The zero-order chi connectivity index (χ0) is 12.2. The van der Waals surface area contributed by atoms with E-state index in [1.807, 2.05) is 12.1 Å². The molecular weight excluding hydrogens is 198 g/mol. The van der Waals surface area contributed by atoms with Crippen molar-refractivity contribution < 1.29 is 5.11 Å². The average Bonchev–Trinajstić information content (AvgIpc) is 2.30. The molecule has 0 saturated heterocycles. The third-order valence-electron chi connectivity index (χ3n) is 3.52. The standard InChI is InChI=1S/C14H23NO/c1-5-14(2,3)15(4)10-12-6-8-13(11-16)9-7-12/h6-9,16H,5,10-11H2,1-4H3. The minimum Gasteiger partial charge on any atom is -0.392 e. The molecular formula is C14H23NO. The Kier molecular flexibility index (Phi) is 4.51. The molecule has 1 aromatic rings. The summed E-state index contributed by atoms with van der Waals surface area (Å²) in [6.45, 7) is 7.80. The molecule has 1 rings (SSSR count). The van der Waals surface area contributed by atoms with Gasteiger partial charge in [-0.05, 0) is 38.4 Å². The van der Waals surface area contributed by atoms with Gasteiger partial charge >= 0.3 is 0 Å². The van der Waals surface area contributed by atoms with Gasteiger partial charge in [0.05, 0.1) is 6.61 Å². The zero-order valence-electron chi connectivity index (χ0n) is 10.8.